The Bertz CT molecular complexity index is 434. The molecular formula is C17H26N2O2. The first-order chi connectivity index (χ1) is 10.3. The van der Waals surface area contributed by atoms with Gasteiger partial charge in [0.2, 0.25) is 5.91 Å². The number of nitrogens with zero attached hydrogens (tertiary/aromatic N) is 1. The molecule has 1 amide bonds. The van der Waals surface area contributed by atoms with Crippen molar-refractivity contribution in [3.63, 3.8) is 0 Å². The minimum absolute atomic E-state index is 0.0449. The van der Waals surface area contributed by atoms with Gasteiger partial charge in [-0.1, -0.05) is 43.7 Å². The summed E-state index contributed by atoms with van der Waals surface area (Å²) in [6.07, 6.45) is 4.25. The molecule has 2 rings (SSSR count). The van der Waals surface area contributed by atoms with Crippen LogP contribution in [0.25, 0.3) is 0 Å². The Balaban J connectivity index is 2.01. The average Bonchev–Trinajstić information content (AvgIpc) is 2.54. The molecule has 1 aromatic carbocycles. The van der Waals surface area contributed by atoms with E-state index in [1.807, 2.05) is 30.3 Å². The molecule has 1 unspecified atom stereocenters. The molecule has 2 N–H and O–H groups in total. The van der Waals surface area contributed by atoms with Crippen molar-refractivity contribution in [1.29, 1.82) is 0 Å². The van der Waals surface area contributed by atoms with Gasteiger partial charge in [-0.05, 0) is 37.9 Å². The predicted octanol–water partition coefficient (Wildman–Crippen LogP) is 2.10. The molecule has 1 aliphatic heterocycles. The number of carbonyl (C=O) groups excluding carboxylic acids is 1. The largest absolute Gasteiger partial charge is 0.394 e. The van der Waals surface area contributed by atoms with E-state index in [4.69, 9.17) is 0 Å². The van der Waals surface area contributed by atoms with Gasteiger partial charge in [-0.25, -0.2) is 0 Å². The number of piperidine rings is 1. The van der Waals surface area contributed by atoms with Crippen LogP contribution in [0.15, 0.2) is 30.3 Å². The van der Waals surface area contributed by atoms with E-state index in [0.29, 0.717) is 0 Å². The number of benzene rings is 1. The van der Waals surface area contributed by atoms with Crippen molar-refractivity contribution in [2.75, 3.05) is 19.7 Å². The van der Waals surface area contributed by atoms with Crippen LogP contribution in [0.3, 0.4) is 0 Å². The highest BCUT2D eigenvalue weighted by Crippen LogP contribution is 2.19. The summed E-state index contributed by atoms with van der Waals surface area (Å²) in [7, 11) is 0. The SMILES string of the molecule is CCCN1CCCCC1C(=O)N[C@H](CO)c1ccccc1. The lowest BCUT2D eigenvalue weighted by Gasteiger charge is -2.35. The van der Waals surface area contributed by atoms with Gasteiger partial charge in [0.05, 0.1) is 18.7 Å². The summed E-state index contributed by atoms with van der Waals surface area (Å²) in [5.74, 6) is 0.0473. The Morgan fingerprint density at radius 2 is 2.14 bits per heavy atom. The van der Waals surface area contributed by atoms with Crippen molar-refractivity contribution in [3.05, 3.63) is 35.9 Å². The van der Waals surface area contributed by atoms with Gasteiger partial charge in [0, 0.05) is 0 Å². The summed E-state index contributed by atoms with van der Waals surface area (Å²) in [5.41, 5.74) is 0.950. The van der Waals surface area contributed by atoms with Crippen molar-refractivity contribution in [2.24, 2.45) is 0 Å². The van der Waals surface area contributed by atoms with E-state index in [9.17, 15) is 9.90 Å². The molecule has 1 aliphatic rings. The van der Waals surface area contributed by atoms with E-state index in [0.717, 1.165) is 37.9 Å². The van der Waals surface area contributed by atoms with Crippen LogP contribution in [0.1, 0.15) is 44.2 Å². The van der Waals surface area contributed by atoms with Crippen LogP contribution in [0.2, 0.25) is 0 Å². The molecule has 1 heterocycles. The Labute approximate surface area is 127 Å². The number of hydrogen-bond donors (Lipinski definition) is 2. The fourth-order valence-corrected chi connectivity index (χ4v) is 3.03. The summed E-state index contributed by atoms with van der Waals surface area (Å²) < 4.78 is 0. The Kier molecular flexibility index (Phi) is 6.21. The first-order valence-corrected chi connectivity index (χ1v) is 7.96. The maximum atomic E-state index is 12.6. The summed E-state index contributed by atoms with van der Waals surface area (Å²) in [5, 5.41) is 12.6. The van der Waals surface area contributed by atoms with Crippen LogP contribution in [0, 0.1) is 0 Å². The van der Waals surface area contributed by atoms with Crippen molar-refractivity contribution in [2.45, 2.75) is 44.7 Å². The summed E-state index contributed by atoms with van der Waals surface area (Å²) in [6.45, 7) is 4.04. The fourth-order valence-electron chi connectivity index (χ4n) is 3.03. The van der Waals surface area contributed by atoms with Gasteiger partial charge in [-0.3, -0.25) is 9.69 Å². The van der Waals surface area contributed by atoms with Gasteiger partial charge in [0.25, 0.3) is 0 Å². The van der Waals surface area contributed by atoms with E-state index in [2.05, 4.69) is 17.1 Å². The minimum Gasteiger partial charge on any atom is -0.394 e. The maximum Gasteiger partial charge on any atom is 0.237 e. The second-order valence-electron chi connectivity index (χ2n) is 5.70. The molecule has 4 heteroatoms. The molecule has 0 aromatic heterocycles. The number of hydrogen-bond acceptors (Lipinski definition) is 3. The highest BCUT2D eigenvalue weighted by Gasteiger charge is 2.29. The zero-order chi connectivity index (χ0) is 15.1. The molecule has 0 aliphatic carbocycles. The number of likely N-dealkylation sites (tertiary alicyclic amines) is 1. The van der Waals surface area contributed by atoms with Crippen LogP contribution >= 0.6 is 0 Å². The third-order valence-electron chi connectivity index (χ3n) is 4.13. The second-order valence-corrected chi connectivity index (χ2v) is 5.70. The lowest BCUT2D eigenvalue weighted by molar-refractivity contribution is -0.128. The zero-order valence-corrected chi connectivity index (χ0v) is 12.8. The van der Waals surface area contributed by atoms with Crippen LogP contribution in [0.4, 0.5) is 0 Å². The Morgan fingerprint density at radius 3 is 2.81 bits per heavy atom. The van der Waals surface area contributed by atoms with Crippen molar-refractivity contribution in [1.82, 2.24) is 10.2 Å². The minimum atomic E-state index is -0.316. The van der Waals surface area contributed by atoms with Crippen molar-refractivity contribution >= 4 is 5.91 Å². The van der Waals surface area contributed by atoms with Gasteiger partial charge in [-0.15, -0.1) is 0 Å². The van der Waals surface area contributed by atoms with Crippen LogP contribution in [0.5, 0.6) is 0 Å². The van der Waals surface area contributed by atoms with Gasteiger partial charge >= 0.3 is 0 Å². The van der Waals surface area contributed by atoms with E-state index in [-0.39, 0.29) is 24.6 Å². The van der Waals surface area contributed by atoms with E-state index in [1.54, 1.807) is 0 Å². The van der Waals surface area contributed by atoms with Crippen LogP contribution < -0.4 is 5.32 Å². The van der Waals surface area contributed by atoms with Gasteiger partial charge in [-0.2, -0.15) is 0 Å². The lowest BCUT2D eigenvalue weighted by Crippen LogP contribution is -2.50. The molecule has 4 nitrogen and oxygen atoms in total. The monoisotopic (exact) mass is 290 g/mol. The standard InChI is InChI=1S/C17H26N2O2/c1-2-11-19-12-7-6-10-16(19)17(21)18-15(13-20)14-8-4-3-5-9-14/h3-5,8-9,15-16,20H,2,6-7,10-13H2,1H3,(H,18,21)/t15-,16?/m1/s1. The molecule has 21 heavy (non-hydrogen) atoms. The normalized spacial score (nSPS) is 21.0. The summed E-state index contributed by atoms with van der Waals surface area (Å²) >= 11 is 0. The first-order valence-electron chi connectivity index (χ1n) is 7.96. The van der Waals surface area contributed by atoms with E-state index >= 15 is 0 Å². The number of carbonyl (C=O) groups is 1. The molecular weight excluding hydrogens is 264 g/mol. The molecule has 0 bridgehead atoms. The highest BCUT2D eigenvalue weighted by atomic mass is 16.3. The van der Waals surface area contributed by atoms with Crippen molar-refractivity contribution in [3.8, 4) is 0 Å². The van der Waals surface area contributed by atoms with E-state index in [1.165, 1.54) is 6.42 Å². The number of nitrogens with one attached hydrogen (secondary N) is 1. The second kappa shape index (κ2) is 8.15. The van der Waals surface area contributed by atoms with E-state index < -0.39 is 0 Å². The molecule has 116 valence electrons. The summed E-state index contributed by atoms with van der Waals surface area (Å²) in [6, 6.07) is 9.30. The molecule has 2 atom stereocenters. The third-order valence-corrected chi connectivity index (χ3v) is 4.13. The maximum absolute atomic E-state index is 12.6. The quantitative estimate of drug-likeness (QED) is 0.843. The number of amides is 1. The molecule has 1 aromatic rings. The first kappa shape index (κ1) is 16.0. The topological polar surface area (TPSA) is 52.6 Å². The molecule has 1 saturated heterocycles. The number of aliphatic hydroxyl groups is 1. The lowest BCUT2D eigenvalue weighted by atomic mass is 10.00. The van der Waals surface area contributed by atoms with Gasteiger partial charge < -0.3 is 10.4 Å². The zero-order valence-electron chi connectivity index (χ0n) is 12.8. The smallest absolute Gasteiger partial charge is 0.237 e. The number of rotatable bonds is 6. The van der Waals surface area contributed by atoms with Gasteiger partial charge in [0.15, 0.2) is 0 Å². The summed E-state index contributed by atoms with van der Waals surface area (Å²) in [4.78, 5) is 14.8. The average molecular weight is 290 g/mol. The van der Waals surface area contributed by atoms with Crippen LogP contribution in [-0.4, -0.2) is 41.7 Å². The third kappa shape index (κ3) is 4.29. The van der Waals surface area contributed by atoms with Crippen molar-refractivity contribution < 1.29 is 9.90 Å². The number of aliphatic hydroxyl groups excluding tert-OH is 1. The molecule has 0 spiro atoms. The Hall–Kier alpha value is -1.39. The molecule has 0 saturated carbocycles. The molecule has 0 radical (unpaired) electrons. The van der Waals surface area contributed by atoms with Crippen LogP contribution in [-0.2, 0) is 4.79 Å². The highest BCUT2D eigenvalue weighted by molar-refractivity contribution is 5.82. The predicted molar refractivity (Wildman–Crippen MR) is 83.9 cm³/mol. The molecule has 1 fully saturated rings. The Morgan fingerprint density at radius 1 is 1.38 bits per heavy atom. The van der Waals surface area contributed by atoms with Gasteiger partial charge in [0.1, 0.15) is 0 Å². The fraction of sp³-hybridized carbons (Fsp3) is 0.588.